The number of aliphatic hydroxyl groups is 1. The van der Waals surface area contributed by atoms with Gasteiger partial charge in [0.1, 0.15) is 11.5 Å². The highest BCUT2D eigenvalue weighted by molar-refractivity contribution is 6.31. The second-order valence-electron chi connectivity index (χ2n) is 5.12. The Hall–Kier alpha value is -2.59. The number of aromatic nitrogens is 2. The lowest BCUT2D eigenvalue weighted by atomic mass is 10.0. The molecule has 2 N–H and O–H groups in total. The minimum Gasteiger partial charge on any atom is -0.507 e. The van der Waals surface area contributed by atoms with E-state index in [1.807, 2.05) is 25.1 Å². The lowest BCUT2D eigenvalue weighted by Crippen LogP contribution is -2.15. The van der Waals surface area contributed by atoms with Crippen molar-refractivity contribution in [2.75, 3.05) is 0 Å². The van der Waals surface area contributed by atoms with Crippen molar-refractivity contribution in [3.05, 3.63) is 75.2 Å². The standard InChI is InChI=1S/C18H15ClN2O2/c1-2-13(17(22)11-6-4-3-5-7-11)16-18(23)21-15-10-12(19)8-9-14(15)20-16/h3-10,22H,2H2,1H3,(H,21,23)/b17-13-. The molecule has 0 aliphatic carbocycles. The second kappa shape index (κ2) is 6.26. The Kier molecular flexibility index (Phi) is 4.17. The SMILES string of the molecule is CC/C(=C(/O)c1ccccc1)c1nc2ccc(Cl)cc2[nH]c1=O. The summed E-state index contributed by atoms with van der Waals surface area (Å²) in [5.74, 6) is 0.0689. The molecule has 0 amide bonds. The van der Waals surface area contributed by atoms with E-state index in [1.54, 1.807) is 30.3 Å². The van der Waals surface area contributed by atoms with Gasteiger partial charge in [0, 0.05) is 16.2 Å². The van der Waals surface area contributed by atoms with Crippen molar-refractivity contribution in [3.63, 3.8) is 0 Å². The van der Waals surface area contributed by atoms with Gasteiger partial charge in [-0.1, -0.05) is 48.9 Å². The van der Waals surface area contributed by atoms with Crippen molar-refractivity contribution >= 4 is 34.0 Å². The highest BCUT2D eigenvalue weighted by Crippen LogP contribution is 2.25. The Morgan fingerprint density at radius 3 is 2.65 bits per heavy atom. The van der Waals surface area contributed by atoms with Gasteiger partial charge in [-0.3, -0.25) is 4.79 Å². The number of halogens is 1. The number of allylic oxidation sites excluding steroid dienone is 1. The highest BCUT2D eigenvalue weighted by Gasteiger charge is 2.15. The van der Waals surface area contributed by atoms with Crippen LogP contribution >= 0.6 is 11.6 Å². The lowest BCUT2D eigenvalue weighted by molar-refractivity contribution is 0.512. The van der Waals surface area contributed by atoms with Gasteiger partial charge in [-0.2, -0.15) is 0 Å². The fraction of sp³-hybridized carbons (Fsp3) is 0.111. The van der Waals surface area contributed by atoms with Gasteiger partial charge in [-0.15, -0.1) is 0 Å². The first-order valence-corrected chi connectivity index (χ1v) is 7.65. The normalized spacial score (nSPS) is 12.3. The molecule has 5 heteroatoms. The number of aromatic amines is 1. The molecule has 0 radical (unpaired) electrons. The Morgan fingerprint density at radius 2 is 1.96 bits per heavy atom. The van der Waals surface area contributed by atoms with E-state index in [1.165, 1.54) is 0 Å². The van der Waals surface area contributed by atoms with E-state index in [9.17, 15) is 9.90 Å². The van der Waals surface area contributed by atoms with Gasteiger partial charge in [0.15, 0.2) is 0 Å². The van der Waals surface area contributed by atoms with Crippen LogP contribution in [-0.2, 0) is 0 Å². The van der Waals surface area contributed by atoms with Gasteiger partial charge >= 0.3 is 0 Å². The zero-order chi connectivity index (χ0) is 16.4. The molecule has 3 rings (SSSR count). The van der Waals surface area contributed by atoms with E-state index < -0.39 is 0 Å². The average molecular weight is 327 g/mol. The molecule has 0 fully saturated rings. The number of hydrogen-bond acceptors (Lipinski definition) is 3. The summed E-state index contributed by atoms with van der Waals surface area (Å²) in [5.41, 5.74) is 2.23. The van der Waals surface area contributed by atoms with Crippen LogP contribution in [0.3, 0.4) is 0 Å². The van der Waals surface area contributed by atoms with E-state index >= 15 is 0 Å². The molecular weight excluding hydrogens is 312 g/mol. The minimum absolute atomic E-state index is 0.0689. The monoisotopic (exact) mass is 326 g/mol. The van der Waals surface area contributed by atoms with Gasteiger partial charge in [0.05, 0.1) is 11.0 Å². The number of fused-ring (bicyclic) bond motifs is 1. The maximum atomic E-state index is 12.4. The number of benzene rings is 2. The predicted octanol–water partition coefficient (Wildman–Crippen LogP) is 4.41. The van der Waals surface area contributed by atoms with Crippen molar-refractivity contribution in [1.29, 1.82) is 0 Å². The number of H-pyrrole nitrogens is 1. The summed E-state index contributed by atoms with van der Waals surface area (Å²) in [6.07, 6.45) is 0.482. The minimum atomic E-state index is -0.348. The van der Waals surface area contributed by atoms with Crippen molar-refractivity contribution in [2.24, 2.45) is 0 Å². The molecule has 0 atom stereocenters. The first-order valence-electron chi connectivity index (χ1n) is 7.27. The van der Waals surface area contributed by atoms with Crippen LogP contribution in [0.4, 0.5) is 0 Å². The van der Waals surface area contributed by atoms with Crippen molar-refractivity contribution in [2.45, 2.75) is 13.3 Å². The lowest BCUT2D eigenvalue weighted by Gasteiger charge is -2.09. The van der Waals surface area contributed by atoms with E-state index in [-0.39, 0.29) is 17.0 Å². The largest absolute Gasteiger partial charge is 0.507 e. The van der Waals surface area contributed by atoms with Crippen LogP contribution in [0.15, 0.2) is 53.3 Å². The summed E-state index contributed by atoms with van der Waals surface area (Å²) in [6.45, 7) is 1.88. The Morgan fingerprint density at radius 1 is 1.22 bits per heavy atom. The van der Waals surface area contributed by atoms with Crippen LogP contribution in [0, 0.1) is 0 Å². The third-order valence-corrected chi connectivity index (χ3v) is 3.86. The number of nitrogens with one attached hydrogen (secondary N) is 1. The van der Waals surface area contributed by atoms with Gasteiger partial charge in [0.25, 0.3) is 5.56 Å². The second-order valence-corrected chi connectivity index (χ2v) is 5.56. The highest BCUT2D eigenvalue weighted by atomic mass is 35.5. The summed E-state index contributed by atoms with van der Waals surface area (Å²) in [6, 6.07) is 14.2. The molecular formula is C18H15ClN2O2. The summed E-state index contributed by atoms with van der Waals surface area (Å²) in [7, 11) is 0. The number of rotatable bonds is 3. The topological polar surface area (TPSA) is 66.0 Å². The molecule has 3 aromatic rings. The fourth-order valence-electron chi connectivity index (χ4n) is 2.48. The van der Waals surface area contributed by atoms with Crippen LogP contribution in [0.25, 0.3) is 22.4 Å². The maximum Gasteiger partial charge on any atom is 0.274 e. The quantitative estimate of drug-likeness (QED) is 0.700. The Labute approximate surface area is 138 Å². The van der Waals surface area contributed by atoms with E-state index in [4.69, 9.17) is 11.6 Å². The molecule has 23 heavy (non-hydrogen) atoms. The Bertz CT molecular complexity index is 946. The molecule has 0 saturated heterocycles. The van der Waals surface area contributed by atoms with Crippen molar-refractivity contribution < 1.29 is 5.11 Å². The zero-order valence-electron chi connectivity index (χ0n) is 12.5. The Balaban J connectivity index is 2.23. The molecule has 0 aliphatic rings. The molecule has 0 spiro atoms. The third kappa shape index (κ3) is 2.98. The van der Waals surface area contributed by atoms with Crippen molar-refractivity contribution in [3.8, 4) is 0 Å². The molecule has 116 valence electrons. The van der Waals surface area contributed by atoms with E-state index in [0.717, 1.165) is 0 Å². The molecule has 0 bridgehead atoms. The summed E-state index contributed by atoms with van der Waals surface area (Å²) in [4.78, 5) is 19.6. The predicted molar refractivity (Wildman–Crippen MR) is 93.5 cm³/mol. The summed E-state index contributed by atoms with van der Waals surface area (Å²) in [5, 5.41) is 11.1. The molecule has 1 heterocycles. The van der Waals surface area contributed by atoms with Gasteiger partial charge < -0.3 is 10.1 Å². The molecule has 0 aliphatic heterocycles. The number of hydrogen-bond donors (Lipinski definition) is 2. The smallest absolute Gasteiger partial charge is 0.274 e. The van der Waals surface area contributed by atoms with E-state index in [2.05, 4.69) is 9.97 Å². The average Bonchev–Trinajstić information content (AvgIpc) is 2.56. The first kappa shape index (κ1) is 15.3. The molecule has 0 unspecified atom stereocenters. The van der Waals surface area contributed by atoms with Crippen LogP contribution < -0.4 is 5.56 Å². The van der Waals surface area contributed by atoms with Crippen LogP contribution in [0.5, 0.6) is 0 Å². The molecule has 2 aromatic carbocycles. The molecule has 0 saturated carbocycles. The number of nitrogens with zero attached hydrogens (tertiary/aromatic N) is 1. The van der Waals surface area contributed by atoms with Crippen LogP contribution in [0.2, 0.25) is 5.02 Å². The fourth-order valence-corrected chi connectivity index (χ4v) is 2.65. The first-order chi connectivity index (χ1) is 11.1. The summed E-state index contributed by atoms with van der Waals surface area (Å²) < 4.78 is 0. The summed E-state index contributed by atoms with van der Waals surface area (Å²) >= 11 is 5.93. The number of aliphatic hydroxyl groups excluding tert-OH is 1. The zero-order valence-corrected chi connectivity index (χ0v) is 13.3. The molecule has 1 aromatic heterocycles. The van der Waals surface area contributed by atoms with Crippen LogP contribution in [-0.4, -0.2) is 15.1 Å². The van der Waals surface area contributed by atoms with Crippen LogP contribution in [0.1, 0.15) is 24.6 Å². The van der Waals surface area contributed by atoms with Crippen molar-refractivity contribution in [1.82, 2.24) is 9.97 Å². The van der Waals surface area contributed by atoms with Gasteiger partial charge in [-0.25, -0.2) is 4.98 Å². The third-order valence-electron chi connectivity index (χ3n) is 3.63. The van der Waals surface area contributed by atoms with Gasteiger partial charge in [0.2, 0.25) is 0 Å². The van der Waals surface area contributed by atoms with E-state index in [0.29, 0.717) is 33.6 Å². The van der Waals surface area contributed by atoms with Gasteiger partial charge in [-0.05, 0) is 24.6 Å². The molecule has 4 nitrogen and oxygen atoms in total. The maximum absolute atomic E-state index is 12.4.